The number of hydrogen-bond acceptors (Lipinski definition) is 3. The molecule has 100 valence electrons. The van der Waals surface area contributed by atoms with Gasteiger partial charge in [-0.15, -0.1) is 0 Å². The van der Waals surface area contributed by atoms with Gasteiger partial charge in [0, 0.05) is 16.3 Å². The van der Waals surface area contributed by atoms with Gasteiger partial charge in [-0.2, -0.15) is 0 Å². The molecule has 0 radical (unpaired) electrons. The van der Waals surface area contributed by atoms with E-state index in [0.717, 1.165) is 11.3 Å². The lowest BCUT2D eigenvalue weighted by Crippen LogP contribution is -2.02. The smallest absolute Gasteiger partial charge is 0.161 e. The molecule has 0 aliphatic rings. The van der Waals surface area contributed by atoms with Gasteiger partial charge in [-0.25, -0.2) is 0 Å². The van der Waals surface area contributed by atoms with Gasteiger partial charge in [0.25, 0.3) is 0 Å². The fourth-order valence-corrected chi connectivity index (χ4v) is 1.88. The van der Waals surface area contributed by atoms with Crippen LogP contribution in [0.4, 0.5) is 5.69 Å². The van der Waals surface area contributed by atoms with Gasteiger partial charge in [0.2, 0.25) is 0 Å². The third kappa shape index (κ3) is 3.55. The molecule has 0 amide bonds. The first kappa shape index (κ1) is 13.6. The zero-order valence-corrected chi connectivity index (χ0v) is 11.5. The van der Waals surface area contributed by atoms with Crippen LogP contribution in [0.2, 0.25) is 5.02 Å². The highest BCUT2D eigenvalue weighted by atomic mass is 35.5. The number of rotatable bonds is 5. The van der Waals surface area contributed by atoms with Crippen molar-refractivity contribution in [2.45, 2.75) is 13.5 Å². The Kier molecular flexibility index (Phi) is 4.53. The number of benzene rings is 2. The van der Waals surface area contributed by atoms with Gasteiger partial charge in [-0.05, 0) is 31.2 Å². The summed E-state index contributed by atoms with van der Waals surface area (Å²) in [6, 6.07) is 12.9. The van der Waals surface area contributed by atoms with Gasteiger partial charge in [0.05, 0.1) is 6.61 Å². The highest BCUT2D eigenvalue weighted by Crippen LogP contribution is 2.28. The zero-order valence-electron chi connectivity index (χ0n) is 10.7. The minimum Gasteiger partial charge on any atom is -0.490 e. The molecule has 0 atom stereocenters. The minimum absolute atomic E-state index is 0.382. The van der Waals surface area contributed by atoms with Crippen LogP contribution < -0.4 is 15.2 Å². The molecule has 0 fully saturated rings. The summed E-state index contributed by atoms with van der Waals surface area (Å²) in [6.45, 7) is 2.92. The predicted molar refractivity (Wildman–Crippen MR) is 77.8 cm³/mol. The normalized spacial score (nSPS) is 10.2. The summed E-state index contributed by atoms with van der Waals surface area (Å²) in [5.74, 6) is 1.44. The molecular formula is C15H16ClNO2. The molecule has 0 aromatic heterocycles. The minimum atomic E-state index is 0.382. The third-order valence-corrected chi connectivity index (χ3v) is 2.88. The average molecular weight is 278 g/mol. The average Bonchev–Trinajstić information content (AvgIpc) is 2.40. The van der Waals surface area contributed by atoms with E-state index in [0.29, 0.717) is 29.7 Å². The lowest BCUT2D eigenvalue weighted by molar-refractivity contribution is 0.269. The zero-order chi connectivity index (χ0) is 13.7. The number of ether oxygens (including phenoxy) is 2. The van der Waals surface area contributed by atoms with Crippen LogP contribution in [0.25, 0.3) is 0 Å². The van der Waals surface area contributed by atoms with Crippen molar-refractivity contribution in [3.05, 3.63) is 53.1 Å². The van der Waals surface area contributed by atoms with E-state index in [1.54, 1.807) is 12.1 Å². The van der Waals surface area contributed by atoms with Gasteiger partial charge in [0.1, 0.15) is 6.61 Å². The van der Waals surface area contributed by atoms with Gasteiger partial charge >= 0.3 is 0 Å². The van der Waals surface area contributed by atoms with E-state index in [4.69, 9.17) is 26.8 Å². The van der Waals surface area contributed by atoms with Crippen LogP contribution >= 0.6 is 11.6 Å². The monoisotopic (exact) mass is 277 g/mol. The molecule has 19 heavy (non-hydrogen) atoms. The highest BCUT2D eigenvalue weighted by Gasteiger charge is 2.05. The summed E-state index contributed by atoms with van der Waals surface area (Å²) in [5, 5.41) is 0.621. The third-order valence-electron chi connectivity index (χ3n) is 2.64. The molecule has 0 spiro atoms. The molecule has 0 saturated carbocycles. The molecule has 0 heterocycles. The number of anilines is 1. The van der Waals surface area contributed by atoms with Crippen molar-refractivity contribution in [2.75, 3.05) is 12.3 Å². The van der Waals surface area contributed by atoms with Crippen molar-refractivity contribution in [1.82, 2.24) is 0 Å². The summed E-state index contributed by atoms with van der Waals surface area (Å²) >= 11 is 5.86. The molecule has 2 aromatic carbocycles. The number of nitrogen functional groups attached to an aromatic ring is 1. The molecule has 2 rings (SSSR count). The Morgan fingerprint density at radius 3 is 2.37 bits per heavy atom. The van der Waals surface area contributed by atoms with E-state index in [9.17, 15) is 0 Å². The van der Waals surface area contributed by atoms with Crippen molar-refractivity contribution in [3.8, 4) is 11.5 Å². The molecule has 0 aliphatic carbocycles. The number of halogens is 1. The van der Waals surface area contributed by atoms with Crippen LogP contribution in [0, 0.1) is 0 Å². The lowest BCUT2D eigenvalue weighted by atomic mass is 10.2. The maximum absolute atomic E-state index is 5.89. The Labute approximate surface area is 117 Å². The summed E-state index contributed by atoms with van der Waals surface area (Å²) in [6.07, 6.45) is 0. The van der Waals surface area contributed by atoms with Gasteiger partial charge in [-0.1, -0.05) is 29.8 Å². The Balaban J connectivity index is 2.10. The van der Waals surface area contributed by atoms with Crippen LogP contribution in [0.1, 0.15) is 12.5 Å². The van der Waals surface area contributed by atoms with Crippen LogP contribution in [-0.2, 0) is 6.61 Å². The maximum Gasteiger partial charge on any atom is 0.161 e. The molecule has 3 nitrogen and oxygen atoms in total. The van der Waals surface area contributed by atoms with Gasteiger partial charge in [0.15, 0.2) is 11.5 Å². The van der Waals surface area contributed by atoms with Gasteiger partial charge in [-0.3, -0.25) is 0 Å². The first-order valence-electron chi connectivity index (χ1n) is 6.09. The fourth-order valence-electron chi connectivity index (χ4n) is 1.70. The topological polar surface area (TPSA) is 44.5 Å². The second-order valence-corrected chi connectivity index (χ2v) is 4.45. The summed E-state index contributed by atoms with van der Waals surface area (Å²) in [5.41, 5.74) is 7.41. The van der Waals surface area contributed by atoms with Gasteiger partial charge < -0.3 is 15.2 Å². The quantitative estimate of drug-likeness (QED) is 0.843. The van der Waals surface area contributed by atoms with Crippen molar-refractivity contribution in [1.29, 1.82) is 0 Å². The van der Waals surface area contributed by atoms with Crippen LogP contribution in [0.5, 0.6) is 11.5 Å². The van der Waals surface area contributed by atoms with Crippen molar-refractivity contribution >= 4 is 17.3 Å². The summed E-state index contributed by atoms with van der Waals surface area (Å²) < 4.78 is 11.2. The van der Waals surface area contributed by atoms with Crippen molar-refractivity contribution < 1.29 is 9.47 Å². The van der Waals surface area contributed by atoms with E-state index >= 15 is 0 Å². The molecule has 0 bridgehead atoms. The Hall–Kier alpha value is -1.87. The Morgan fingerprint density at radius 1 is 1.05 bits per heavy atom. The van der Waals surface area contributed by atoms with Crippen LogP contribution in [0.3, 0.4) is 0 Å². The fraction of sp³-hybridized carbons (Fsp3) is 0.200. The number of nitrogens with two attached hydrogens (primary N) is 1. The van der Waals surface area contributed by atoms with Crippen LogP contribution in [0.15, 0.2) is 42.5 Å². The van der Waals surface area contributed by atoms with E-state index in [-0.39, 0.29) is 0 Å². The van der Waals surface area contributed by atoms with E-state index in [1.165, 1.54) is 0 Å². The Morgan fingerprint density at radius 2 is 1.74 bits per heavy atom. The predicted octanol–water partition coefficient (Wildman–Crippen LogP) is 3.90. The SMILES string of the molecule is CCOc1ccccc1OCc1ccc(Cl)cc1N. The van der Waals surface area contributed by atoms with E-state index in [1.807, 2.05) is 37.3 Å². The van der Waals surface area contributed by atoms with E-state index < -0.39 is 0 Å². The standard InChI is InChI=1S/C15H16ClNO2/c1-2-18-14-5-3-4-6-15(14)19-10-11-7-8-12(16)9-13(11)17/h3-9H,2,10,17H2,1H3. The highest BCUT2D eigenvalue weighted by molar-refractivity contribution is 6.30. The first-order valence-corrected chi connectivity index (χ1v) is 6.47. The van der Waals surface area contributed by atoms with Crippen molar-refractivity contribution in [2.24, 2.45) is 0 Å². The van der Waals surface area contributed by atoms with Crippen LogP contribution in [-0.4, -0.2) is 6.61 Å². The number of hydrogen-bond donors (Lipinski definition) is 1. The molecule has 2 aromatic rings. The molecule has 0 unspecified atom stereocenters. The first-order chi connectivity index (χ1) is 9.20. The second kappa shape index (κ2) is 6.34. The largest absolute Gasteiger partial charge is 0.490 e. The molecule has 0 aliphatic heterocycles. The molecular weight excluding hydrogens is 262 g/mol. The summed E-state index contributed by atoms with van der Waals surface area (Å²) in [7, 11) is 0. The molecule has 2 N–H and O–H groups in total. The lowest BCUT2D eigenvalue weighted by Gasteiger charge is -2.12. The number of para-hydroxylation sites is 2. The second-order valence-electron chi connectivity index (χ2n) is 4.01. The maximum atomic E-state index is 5.89. The van der Waals surface area contributed by atoms with E-state index in [2.05, 4.69) is 0 Å². The summed E-state index contributed by atoms with van der Waals surface area (Å²) in [4.78, 5) is 0. The molecule has 4 heteroatoms. The van der Waals surface area contributed by atoms with Crippen molar-refractivity contribution in [3.63, 3.8) is 0 Å². The Bertz CT molecular complexity index is 558. The molecule has 0 saturated heterocycles.